The van der Waals surface area contributed by atoms with Crippen molar-refractivity contribution in [2.24, 2.45) is 0 Å². The number of aromatic carboxylic acids is 1. The van der Waals surface area contributed by atoms with Crippen LogP contribution in [0.5, 0.6) is 0 Å². The summed E-state index contributed by atoms with van der Waals surface area (Å²) in [6.07, 6.45) is 1.95. The molecule has 0 saturated carbocycles. The molecule has 1 atom stereocenters. The van der Waals surface area contributed by atoms with Gasteiger partial charge in [0, 0.05) is 48.4 Å². The van der Waals surface area contributed by atoms with Crippen molar-refractivity contribution < 1.29 is 19.1 Å². The summed E-state index contributed by atoms with van der Waals surface area (Å²) in [5, 5.41) is 10.4. The number of aryl methyl sites for hydroxylation is 2. The number of hydrogen-bond acceptors (Lipinski definition) is 5. The number of carboxylic acid groups (broad SMARTS) is 1. The van der Waals surface area contributed by atoms with E-state index in [-0.39, 0.29) is 28.1 Å². The van der Waals surface area contributed by atoms with Crippen LogP contribution in [0, 0.1) is 19.7 Å². The van der Waals surface area contributed by atoms with Gasteiger partial charge in [-0.25, -0.2) is 19.2 Å². The van der Waals surface area contributed by atoms with Gasteiger partial charge in [0.1, 0.15) is 23.0 Å². The Morgan fingerprint density at radius 2 is 1.80 bits per heavy atom. The Labute approximate surface area is 243 Å². The van der Waals surface area contributed by atoms with E-state index in [1.54, 1.807) is 32.0 Å². The molecule has 1 saturated heterocycles. The van der Waals surface area contributed by atoms with Gasteiger partial charge in [0.25, 0.3) is 5.91 Å². The molecule has 3 aromatic heterocycles. The van der Waals surface area contributed by atoms with Crippen molar-refractivity contribution in [2.45, 2.75) is 53.1 Å². The van der Waals surface area contributed by atoms with Gasteiger partial charge in [-0.1, -0.05) is 17.7 Å². The first-order valence-corrected chi connectivity index (χ1v) is 13.9. The van der Waals surface area contributed by atoms with E-state index in [2.05, 4.69) is 30.7 Å². The minimum atomic E-state index is -0.989. The number of rotatable bonds is 4. The van der Waals surface area contributed by atoms with Crippen LogP contribution in [0.3, 0.4) is 0 Å². The summed E-state index contributed by atoms with van der Waals surface area (Å²) in [6, 6.07) is 10.00. The number of nitrogens with zero attached hydrogens (tertiary/aromatic N) is 5. The molecule has 1 aromatic carbocycles. The molecule has 41 heavy (non-hydrogen) atoms. The van der Waals surface area contributed by atoms with Crippen LogP contribution in [0.25, 0.3) is 22.2 Å². The summed E-state index contributed by atoms with van der Waals surface area (Å²) in [4.78, 5) is 38.6. The molecule has 0 unspecified atom stereocenters. The lowest BCUT2D eigenvalue weighted by atomic mass is 10.1. The van der Waals surface area contributed by atoms with Crippen molar-refractivity contribution >= 4 is 40.3 Å². The highest BCUT2D eigenvalue weighted by atomic mass is 35.5. The zero-order valence-electron chi connectivity index (χ0n) is 24.0. The van der Waals surface area contributed by atoms with Crippen LogP contribution in [0.1, 0.15) is 59.8 Å². The Balaban J connectivity index is 1.44. The first-order chi connectivity index (χ1) is 19.3. The molecule has 10 heteroatoms. The predicted molar refractivity (Wildman–Crippen MR) is 159 cm³/mol. The Hall–Kier alpha value is -3.98. The molecule has 5 rings (SSSR count). The Kier molecular flexibility index (Phi) is 7.27. The second-order valence-corrected chi connectivity index (χ2v) is 12.0. The molecule has 1 N–H and O–H groups in total. The number of halogens is 2. The van der Waals surface area contributed by atoms with Crippen LogP contribution in [0.15, 0.2) is 42.6 Å². The molecular weight excluding hydrogens is 545 g/mol. The van der Waals surface area contributed by atoms with Crippen molar-refractivity contribution in [3.8, 4) is 11.1 Å². The SMILES string of the molecule is Cc1cc(N2CCN(C(=O)c3ccc4c(-c5ccc(Cl)c(F)c5)cn(C(C)(C)C)c4n3)[C@@H](C)C2)nc(C)c1C(=O)O. The number of aromatic nitrogens is 3. The van der Waals surface area contributed by atoms with Gasteiger partial charge >= 0.3 is 5.97 Å². The standard InChI is InChI=1S/C31H33ClFN5O3/c1-17-13-26(34-19(3)27(17)30(40)41)36-11-12-37(18(2)15-36)29(39)25-10-8-21-22(20-7-9-23(32)24(33)14-20)16-38(28(21)35-25)31(4,5)6/h7-10,13-14,16,18H,11-12,15H2,1-6H3,(H,40,41)/t18-/m0/s1. The first kappa shape index (κ1) is 28.5. The maximum Gasteiger partial charge on any atom is 0.337 e. The van der Waals surface area contributed by atoms with Crippen LogP contribution in [-0.2, 0) is 5.54 Å². The largest absolute Gasteiger partial charge is 0.478 e. The summed E-state index contributed by atoms with van der Waals surface area (Å²) in [5.41, 5.74) is 3.49. The Morgan fingerprint density at radius 3 is 2.41 bits per heavy atom. The molecule has 1 aliphatic rings. The van der Waals surface area contributed by atoms with Gasteiger partial charge in [-0.15, -0.1) is 0 Å². The van der Waals surface area contributed by atoms with Gasteiger partial charge in [-0.3, -0.25) is 4.79 Å². The number of piperazine rings is 1. The smallest absolute Gasteiger partial charge is 0.337 e. The minimum Gasteiger partial charge on any atom is -0.478 e. The van der Waals surface area contributed by atoms with Crippen molar-refractivity contribution in [1.29, 1.82) is 0 Å². The topological polar surface area (TPSA) is 91.6 Å². The summed E-state index contributed by atoms with van der Waals surface area (Å²) in [6.45, 7) is 13.2. The average Bonchev–Trinajstić information content (AvgIpc) is 3.29. The number of carbonyl (C=O) groups is 2. The average molecular weight is 578 g/mol. The van der Waals surface area contributed by atoms with Crippen LogP contribution in [0.4, 0.5) is 10.2 Å². The molecule has 0 bridgehead atoms. The highest BCUT2D eigenvalue weighted by molar-refractivity contribution is 6.30. The lowest BCUT2D eigenvalue weighted by molar-refractivity contribution is 0.0664. The third-order valence-electron chi connectivity index (χ3n) is 7.63. The summed E-state index contributed by atoms with van der Waals surface area (Å²) < 4.78 is 16.3. The molecule has 0 radical (unpaired) electrons. The second kappa shape index (κ2) is 10.4. The van der Waals surface area contributed by atoms with Crippen molar-refractivity contribution in [3.05, 3.63) is 75.9 Å². The second-order valence-electron chi connectivity index (χ2n) is 11.6. The number of anilines is 1. The monoisotopic (exact) mass is 577 g/mol. The zero-order chi connectivity index (χ0) is 29.8. The minimum absolute atomic E-state index is 0.0619. The van der Waals surface area contributed by atoms with Gasteiger partial charge in [0.05, 0.1) is 16.3 Å². The number of amides is 1. The summed E-state index contributed by atoms with van der Waals surface area (Å²) >= 11 is 5.92. The number of pyridine rings is 2. The number of hydrogen-bond donors (Lipinski definition) is 1. The number of fused-ring (bicyclic) bond motifs is 1. The van der Waals surface area contributed by atoms with Crippen molar-refractivity contribution in [3.63, 3.8) is 0 Å². The fourth-order valence-corrected chi connectivity index (χ4v) is 5.65. The number of benzene rings is 1. The number of carbonyl (C=O) groups excluding carboxylic acids is 1. The van der Waals surface area contributed by atoms with Gasteiger partial charge in [-0.05, 0) is 83.0 Å². The van der Waals surface area contributed by atoms with E-state index < -0.39 is 11.8 Å². The van der Waals surface area contributed by atoms with Crippen LogP contribution < -0.4 is 4.90 Å². The lowest BCUT2D eigenvalue weighted by Gasteiger charge is -2.40. The van der Waals surface area contributed by atoms with Gasteiger partial charge in [-0.2, -0.15) is 0 Å². The van der Waals surface area contributed by atoms with E-state index in [0.29, 0.717) is 53.6 Å². The van der Waals surface area contributed by atoms with E-state index in [4.69, 9.17) is 16.6 Å². The molecular formula is C31H33ClFN5O3. The molecule has 4 heterocycles. The molecule has 1 aliphatic heterocycles. The third kappa shape index (κ3) is 5.26. The fourth-order valence-electron chi connectivity index (χ4n) is 5.54. The van der Waals surface area contributed by atoms with Gasteiger partial charge in [0.15, 0.2) is 0 Å². The Bertz CT molecular complexity index is 1670. The number of carboxylic acids is 1. The summed E-state index contributed by atoms with van der Waals surface area (Å²) in [7, 11) is 0. The highest BCUT2D eigenvalue weighted by Gasteiger charge is 2.31. The molecule has 8 nitrogen and oxygen atoms in total. The Morgan fingerprint density at radius 1 is 1.07 bits per heavy atom. The van der Waals surface area contributed by atoms with E-state index in [0.717, 1.165) is 10.9 Å². The van der Waals surface area contributed by atoms with E-state index in [1.165, 1.54) is 12.1 Å². The van der Waals surface area contributed by atoms with Crippen molar-refractivity contribution in [2.75, 3.05) is 24.5 Å². The van der Waals surface area contributed by atoms with Crippen molar-refractivity contribution in [1.82, 2.24) is 19.4 Å². The maximum absolute atomic E-state index is 14.3. The molecule has 1 amide bonds. The summed E-state index contributed by atoms with van der Waals surface area (Å²) in [5.74, 6) is -0.941. The van der Waals surface area contributed by atoms with E-state index in [9.17, 15) is 19.1 Å². The molecule has 0 spiro atoms. The quantitative estimate of drug-likeness (QED) is 0.305. The predicted octanol–water partition coefficient (Wildman–Crippen LogP) is 6.31. The van der Waals surface area contributed by atoms with E-state index >= 15 is 0 Å². The normalized spacial score (nSPS) is 16.0. The van der Waals surface area contributed by atoms with Gasteiger partial charge < -0.3 is 19.5 Å². The fraction of sp³-hybridized carbons (Fsp3) is 0.355. The van der Waals surface area contributed by atoms with Crippen LogP contribution in [0.2, 0.25) is 5.02 Å². The zero-order valence-corrected chi connectivity index (χ0v) is 24.8. The first-order valence-electron chi connectivity index (χ1n) is 13.5. The molecule has 4 aromatic rings. The molecule has 1 fully saturated rings. The molecule has 214 valence electrons. The van der Waals surface area contributed by atoms with Gasteiger partial charge in [0.2, 0.25) is 0 Å². The maximum atomic E-state index is 14.3. The molecule has 0 aliphatic carbocycles. The van der Waals surface area contributed by atoms with Crippen LogP contribution >= 0.6 is 11.6 Å². The van der Waals surface area contributed by atoms with Crippen LogP contribution in [-0.4, -0.2) is 62.1 Å². The third-order valence-corrected chi connectivity index (χ3v) is 7.94. The van der Waals surface area contributed by atoms with E-state index in [1.807, 2.05) is 28.7 Å². The highest BCUT2D eigenvalue weighted by Crippen LogP contribution is 2.35. The lowest BCUT2D eigenvalue weighted by Crippen LogP contribution is -2.54.